The fourth-order valence-electron chi connectivity index (χ4n) is 6.59. The van der Waals surface area contributed by atoms with E-state index in [0.29, 0.717) is 56.0 Å². The average Bonchev–Trinajstić information content (AvgIpc) is 3.22. The van der Waals surface area contributed by atoms with Gasteiger partial charge in [-0.05, 0) is 123 Å². The second kappa shape index (κ2) is 8.10. The predicted octanol–water partition coefficient (Wildman–Crippen LogP) is 5.99. The van der Waals surface area contributed by atoms with Crippen molar-refractivity contribution in [2.75, 3.05) is 14.2 Å². The molecule has 40 heavy (non-hydrogen) atoms. The molecular formula is C34H30O6. The van der Waals surface area contributed by atoms with Gasteiger partial charge in [-0.15, -0.1) is 0 Å². The van der Waals surface area contributed by atoms with Gasteiger partial charge in [-0.3, -0.25) is 19.2 Å². The van der Waals surface area contributed by atoms with Crippen LogP contribution in [0.4, 0.5) is 0 Å². The van der Waals surface area contributed by atoms with Crippen LogP contribution in [0, 0.1) is 24.7 Å². The molecule has 2 aromatic rings. The van der Waals surface area contributed by atoms with Crippen LogP contribution in [0.3, 0.4) is 0 Å². The standard InChI is InChI=1S/C34H30O6/c1-15-9-17-19(11-25(15)39-7)27-21(13-23(17)35)33(3,4)31(37)29(27)30-28-20-12-26(40-8)16(2)10-18(20)24(36)14-22(28)34(5,6)32(30)38/h9-14H,1-8H3. The van der Waals surface area contributed by atoms with E-state index >= 15 is 0 Å². The lowest BCUT2D eigenvalue weighted by atomic mass is 9.77. The molecule has 0 saturated heterocycles. The molecule has 202 valence electrons. The van der Waals surface area contributed by atoms with E-state index in [1.54, 1.807) is 66.2 Å². The fraction of sp³-hybridized carbons (Fsp3) is 0.294. The van der Waals surface area contributed by atoms with E-state index in [2.05, 4.69) is 0 Å². The van der Waals surface area contributed by atoms with Crippen molar-refractivity contribution in [1.82, 2.24) is 0 Å². The Bertz CT molecular complexity index is 1650. The van der Waals surface area contributed by atoms with E-state index < -0.39 is 10.8 Å². The van der Waals surface area contributed by atoms with E-state index in [0.717, 1.165) is 11.1 Å². The number of benzene rings is 2. The number of aryl methyl sites for hydroxylation is 2. The molecule has 6 nitrogen and oxygen atoms in total. The summed E-state index contributed by atoms with van der Waals surface area (Å²) in [6.07, 6.45) is 3.07. The minimum absolute atomic E-state index is 0.188. The number of methoxy groups -OCH3 is 2. The van der Waals surface area contributed by atoms with E-state index in [-0.39, 0.29) is 34.3 Å². The zero-order valence-corrected chi connectivity index (χ0v) is 23.9. The summed E-state index contributed by atoms with van der Waals surface area (Å²) in [5.41, 5.74) is 4.46. The molecule has 0 amide bonds. The molecule has 0 heterocycles. The summed E-state index contributed by atoms with van der Waals surface area (Å²) in [5.74, 6) is 0.321. The van der Waals surface area contributed by atoms with Crippen molar-refractivity contribution in [2.24, 2.45) is 10.8 Å². The van der Waals surface area contributed by atoms with Crippen molar-refractivity contribution < 1.29 is 28.7 Å². The summed E-state index contributed by atoms with van der Waals surface area (Å²) in [5, 5.41) is 0. The molecule has 4 aliphatic rings. The zero-order chi connectivity index (χ0) is 29.0. The molecule has 0 spiro atoms. The summed E-state index contributed by atoms with van der Waals surface area (Å²) in [6.45, 7) is 10.9. The van der Waals surface area contributed by atoms with Crippen LogP contribution in [0.25, 0.3) is 11.1 Å². The normalized spacial score (nSPS) is 20.2. The quantitative estimate of drug-likeness (QED) is 0.481. The van der Waals surface area contributed by atoms with Crippen LogP contribution in [0.5, 0.6) is 11.5 Å². The monoisotopic (exact) mass is 534 g/mol. The van der Waals surface area contributed by atoms with Crippen molar-refractivity contribution in [1.29, 1.82) is 0 Å². The first-order valence-electron chi connectivity index (χ1n) is 13.3. The highest BCUT2D eigenvalue weighted by molar-refractivity contribution is 6.35. The van der Waals surface area contributed by atoms with Gasteiger partial charge in [0.25, 0.3) is 0 Å². The van der Waals surface area contributed by atoms with Crippen LogP contribution in [0.2, 0.25) is 0 Å². The second-order valence-corrected chi connectivity index (χ2v) is 12.0. The SMILES string of the molecule is COc1cc2c(cc1C)C(=O)C=C1C2=C(C2=C3C(=CC(=O)c4cc(C)c(OC)cc43)C(C)(C)C2=O)C(=O)C1(C)C. The van der Waals surface area contributed by atoms with Crippen molar-refractivity contribution >= 4 is 34.3 Å². The molecule has 6 heteroatoms. The molecule has 0 bridgehead atoms. The number of allylic oxidation sites excluding steroid dienone is 8. The molecule has 6 rings (SSSR count). The molecule has 0 saturated carbocycles. The van der Waals surface area contributed by atoms with Gasteiger partial charge in [0.1, 0.15) is 11.5 Å². The van der Waals surface area contributed by atoms with Gasteiger partial charge in [0.05, 0.1) is 25.0 Å². The van der Waals surface area contributed by atoms with Crippen LogP contribution >= 0.6 is 0 Å². The van der Waals surface area contributed by atoms with E-state index in [1.165, 1.54) is 12.2 Å². The van der Waals surface area contributed by atoms with Gasteiger partial charge in [0.15, 0.2) is 23.1 Å². The predicted molar refractivity (Wildman–Crippen MR) is 152 cm³/mol. The summed E-state index contributed by atoms with van der Waals surface area (Å²) in [7, 11) is 3.12. The topological polar surface area (TPSA) is 86.7 Å². The first kappa shape index (κ1) is 25.9. The Morgan fingerprint density at radius 2 is 0.875 bits per heavy atom. The van der Waals surface area contributed by atoms with Gasteiger partial charge >= 0.3 is 0 Å². The van der Waals surface area contributed by atoms with Crippen LogP contribution < -0.4 is 9.47 Å². The van der Waals surface area contributed by atoms with Gasteiger partial charge < -0.3 is 9.47 Å². The minimum atomic E-state index is -1.04. The molecule has 0 unspecified atom stereocenters. The van der Waals surface area contributed by atoms with Gasteiger partial charge in [-0.2, -0.15) is 0 Å². The lowest BCUT2D eigenvalue weighted by Gasteiger charge is -2.25. The van der Waals surface area contributed by atoms with Crippen LogP contribution in [-0.2, 0) is 9.59 Å². The summed E-state index contributed by atoms with van der Waals surface area (Å²) in [4.78, 5) is 55.3. The molecule has 0 N–H and O–H groups in total. The lowest BCUT2D eigenvalue weighted by Crippen LogP contribution is -2.26. The number of ketones is 4. The summed E-state index contributed by atoms with van der Waals surface area (Å²) < 4.78 is 11.2. The highest BCUT2D eigenvalue weighted by atomic mass is 16.5. The Labute approximate surface area is 233 Å². The molecule has 4 aliphatic carbocycles. The zero-order valence-electron chi connectivity index (χ0n) is 23.9. The Morgan fingerprint density at radius 3 is 1.20 bits per heavy atom. The molecular weight excluding hydrogens is 504 g/mol. The van der Waals surface area contributed by atoms with Crippen molar-refractivity contribution in [3.8, 4) is 11.5 Å². The van der Waals surface area contributed by atoms with Gasteiger partial charge in [0, 0.05) is 22.3 Å². The number of rotatable bonds is 3. The number of carbonyl (C=O) groups excluding carboxylic acids is 4. The van der Waals surface area contributed by atoms with Gasteiger partial charge in [0.2, 0.25) is 0 Å². The molecule has 0 aromatic heterocycles. The van der Waals surface area contributed by atoms with Crippen LogP contribution in [0.15, 0.2) is 58.7 Å². The number of hydrogen-bond donors (Lipinski definition) is 0. The third kappa shape index (κ3) is 3.10. The number of hydrogen-bond acceptors (Lipinski definition) is 6. The summed E-state index contributed by atoms with van der Waals surface area (Å²) in [6, 6.07) is 7.12. The molecule has 2 aromatic carbocycles. The lowest BCUT2D eigenvalue weighted by molar-refractivity contribution is -0.123. The van der Waals surface area contributed by atoms with E-state index in [9.17, 15) is 19.2 Å². The van der Waals surface area contributed by atoms with Crippen molar-refractivity contribution in [3.63, 3.8) is 0 Å². The summed E-state index contributed by atoms with van der Waals surface area (Å²) >= 11 is 0. The number of carbonyl (C=O) groups is 4. The Balaban J connectivity index is 1.79. The number of ether oxygens (including phenoxy) is 2. The van der Waals surface area contributed by atoms with Crippen LogP contribution in [-0.4, -0.2) is 37.4 Å². The molecule has 0 atom stereocenters. The van der Waals surface area contributed by atoms with Crippen molar-refractivity contribution in [3.05, 3.63) is 92.1 Å². The Kier molecular flexibility index (Phi) is 5.25. The number of fused-ring (bicyclic) bond motifs is 6. The first-order chi connectivity index (χ1) is 18.7. The largest absolute Gasteiger partial charge is 0.496 e. The highest BCUT2D eigenvalue weighted by Crippen LogP contribution is 2.59. The minimum Gasteiger partial charge on any atom is -0.496 e. The maximum Gasteiger partial charge on any atom is 0.186 e. The smallest absolute Gasteiger partial charge is 0.186 e. The highest BCUT2D eigenvalue weighted by Gasteiger charge is 2.55. The molecule has 0 radical (unpaired) electrons. The maximum absolute atomic E-state index is 14.4. The van der Waals surface area contributed by atoms with Crippen LogP contribution in [0.1, 0.15) is 70.7 Å². The Hall–Kier alpha value is -4.32. The third-order valence-electron chi connectivity index (χ3n) is 8.92. The molecule has 0 fully saturated rings. The first-order valence-corrected chi connectivity index (χ1v) is 13.3. The van der Waals surface area contributed by atoms with Crippen molar-refractivity contribution in [2.45, 2.75) is 41.5 Å². The fourth-order valence-corrected chi connectivity index (χ4v) is 6.59. The third-order valence-corrected chi connectivity index (χ3v) is 8.92. The average molecular weight is 535 g/mol. The second-order valence-electron chi connectivity index (χ2n) is 12.0. The Morgan fingerprint density at radius 1 is 0.525 bits per heavy atom. The number of Topliss-reactive ketones (excluding diaryl/α,β-unsaturated/α-hetero) is 2. The van der Waals surface area contributed by atoms with Gasteiger partial charge in [-0.1, -0.05) is 0 Å². The van der Waals surface area contributed by atoms with E-state index in [1.807, 2.05) is 13.8 Å². The molecule has 0 aliphatic heterocycles. The van der Waals surface area contributed by atoms with E-state index in [4.69, 9.17) is 9.47 Å². The van der Waals surface area contributed by atoms with Gasteiger partial charge in [-0.25, -0.2) is 0 Å². The maximum atomic E-state index is 14.4.